The SMILES string of the molecule is CCc1ccc(C(NC)c2cc(C)ccc2C)o1. The Labute approximate surface area is 109 Å². The summed E-state index contributed by atoms with van der Waals surface area (Å²) in [6.07, 6.45) is 0.934. The minimum Gasteiger partial charge on any atom is -0.464 e. The molecular weight excluding hydrogens is 222 g/mol. The van der Waals surface area contributed by atoms with E-state index in [1.807, 2.05) is 7.05 Å². The molecule has 1 aromatic carbocycles. The molecule has 0 fully saturated rings. The van der Waals surface area contributed by atoms with E-state index in [9.17, 15) is 0 Å². The van der Waals surface area contributed by atoms with Gasteiger partial charge >= 0.3 is 0 Å². The van der Waals surface area contributed by atoms with E-state index in [0.29, 0.717) is 0 Å². The van der Waals surface area contributed by atoms with Gasteiger partial charge in [0.2, 0.25) is 0 Å². The molecule has 18 heavy (non-hydrogen) atoms. The number of rotatable bonds is 4. The fourth-order valence-electron chi connectivity index (χ4n) is 2.26. The first kappa shape index (κ1) is 12.9. The first-order chi connectivity index (χ1) is 8.65. The van der Waals surface area contributed by atoms with Crippen LogP contribution in [0.3, 0.4) is 0 Å². The molecule has 0 saturated heterocycles. The summed E-state index contributed by atoms with van der Waals surface area (Å²) < 4.78 is 5.87. The van der Waals surface area contributed by atoms with Crippen molar-refractivity contribution in [2.45, 2.75) is 33.2 Å². The summed E-state index contributed by atoms with van der Waals surface area (Å²) in [6.45, 7) is 6.37. The second-order valence-corrected chi connectivity index (χ2v) is 4.74. The van der Waals surface area contributed by atoms with Crippen molar-refractivity contribution in [1.29, 1.82) is 0 Å². The Kier molecular flexibility index (Phi) is 3.87. The second kappa shape index (κ2) is 5.40. The lowest BCUT2D eigenvalue weighted by Gasteiger charge is -2.17. The Balaban J connectivity index is 2.41. The van der Waals surface area contributed by atoms with Gasteiger partial charge in [0.1, 0.15) is 11.5 Å². The third-order valence-corrected chi connectivity index (χ3v) is 3.35. The lowest BCUT2D eigenvalue weighted by atomic mass is 9.97. The fraction of sp³-hybridized carbons (Fsp3) is 0.375. The zero-order valence-corrected chi connectivity index (χ0v) is 11.6. The largest absolute Gasteiger partial charge is 0.464 e. The molecule has 1 N–H and O–H groups in total. The van der Waals surface area contributed by atoms with Gasteiger partial charge in [0.05, 0.1) is 6.04 Å². The molecular formula is C16H21NO. The van der Waals surface area contributed by atoms with Crippen LogP contribution in [0.25, 0.3) is 0 Å². The smallest absolute Gasteiger partial charge is 0.125 e. The molecule has 1 unspecified atom stereocenters. The van der Waals surface area contributed by atoms with Gasteiger partial charge in [-0.2, -0.15) is 0 Å². The molecule has 2 heteroatoms. The third-order valence-electron chi connectivity index (χ3n) is 3.35. The van der Waals surface area contributed by atoms with E-state index in [-0.39, 0.29) is 6.04 Å². The molecule has 2 aromatic rings. The highest BCUT2D eigenvalue weighted by atomic mass is 16.3. The summed E-state index contributed by atoms with van der Waals surface area (Å²) in [5.41, 5.74) is 3.85. The van der Waals surface area contributed by atoms with Crippen molar-refractivity contribution >= 4 is 0 Å². The maximum atomic E-state index is 5.87. The van der Waals surface area contributed by atoms with Crippen LogP contribution in [0.2, 0.25) is 0 Å². The van der Waals surface area contributed by atoms with Gasteiger partial charge in [-0.25, -0.2) is 0 Å². The van der Waals surface area contributed by atoms with Crippen molar-refractivity contribution in [3.63, 3.8) is 0 Å². The standard InChI is InChI=1S/C16H21NO/c1-5-13-8-9-15(18-13)16(17-4)14-10-11(2)6-7-12(14)3/h6-10,16-17H,5H2,1-4H3. The van der Waals surface area contributed by atoms with Gasteiger partial charge in [-0.1, -0.05) is 30.7 Å². The monoisotopic (exact) mass is 243 g/mol. The molecule has 1 heterocycles. The molecule has 1 aromatic heterocycles. The fourth-order valence-corrected chi connectivity index (χ4v) is 2.26. The van der Waals surface area contributed by atoms with Gasteiger partial charge in [0, 0.05) is 6.42 Å². The van der Waals surface area contributed by atoms with Crippen LogP contribution in [0.5, 0.6) is 0 Å². The summed E-state index contributed by atoms with van der Waals surface area (Å²) in [6, 6.07) is 10.8. The number of aryl methyl sites for hydroxylation is 3. The highest BCUT2D eigenvalue weighted by molar-refractivity contribution is 5.37. The van der Waals surface area contributed by atoms with Gasteiger partial charge < -0.3 is 9.73 Å². The van der Waals surface area contributed by atoms with Crippen LogP contribution >= 0.6 is 0 Å². The summed E-state index contributed by atoms with van der Waals surface area (Å²) >= 11 is 0. The maximum absolute atomic E-state index is 5.87. The molecule has 1 atom stereocenters. The molecule has 0 spiro atoms. The molecule has 0 radical (unpaired) electrons. The highest BCUT2D eigenvalue weighted by Crippen LogP contribution is 2.27. The summed E-state index contributed by atoms with van der Waals surface area (Å²) in [7, 11) is 1.97. The zero-order chi connectivity index (χ0) is 13.1. The molecule has 2 rings (SSSR count). The lowest BCUT2D eigenvalue weighted by molar-refractivity contribution is 0.433. The lowest BCUT2D eigenvalue weighted by Crippen LogP contribution is -2.18. The van der Waals surface area contributed by atoms with E-state index in [1.165, 1.54) is 16.7 Å². The van der Waals surface area contributed by atoms with E-state index >= 15 is 0 Å². The quantitative estimate of drug-likeness (QED) is 0.884. The topological polar surface area (TPSA) is 25.2 Å². The first-order valence-corrected chi connectivity index (χ1v) is 6.48. The van der Waals surface area contributed by atoms with Crippen LogP contribution in [0, 0.1) is 13.8 Å². The Morgan fingerprint density at radius 3 is 2.56 bits per heavy atom. The van der Waals surface area contributed by atoms with Gasteiger partial charge in [-0.15, -0.1) is 0 Å². The Hall–Kier alpha value is -1.54. The number of hydrogen-bond acceptors (Lipinski definition) is 2. The summed E-state index contributed by atoms with van der Waals surface area (Å²) in [4.78, 5) is 0. The van der Waals surface area contributed by atoms with Crippen LogP contribution in [0.15, 0.2) is 34.7 Å². The maximum Gasteiger partial charge on any atom is 0.125 e. The molecule has 0 bridgehead atoms. The second-order valence-electron chi connectivity index (χ2n) is 4.74. The van der Waals surface area contributed by atoms with Crippen LogP contribution < -0.4 is 5.32 Å². The van der Waals surface area contributed by atoms with Gasteiger partial charge in [-0.05, 0) is 44.2 Å². The molecule has 2 nitrogen and oxygen atoms in total. The Morgan fingerprint density at radius 2 is 1.94 bits per heavy atom. The zero-order valence-electron chi connectivity index (χ0n) is 11.6. The van der Waals surface area contributed by atoms with Crippen LogP contribution in [0.4, 0.5) is 0 Å². The van der Waals surface area contributed by atoms with E-state index in [2.05, 4.69) is 56.4 Å². The average molecular weight is 243 g/mol. The van der Waals surface area contributed by atoms with Crippen LogP contribution in [-0.2, 0) is 6.42 Å². The molecule has 0 amide bonds. The number of hydrogen-bond donors (Lipinski definition) is 1. The molecule has 96 valence electrons. The molecule has 0 aliphatic heterocycles. The summed E-state index contributed by atoms with van der Waals surface area (Å²) in [5, 5.41) is 3.35. The van der Waals surface area contributed by atoms with Crippen LogP contribution in [0.1, 0.15) is 41.2 Å². The van der Waals surface area contributed by atoms with E-state index in [4.69, 9.17) is 4.42 Å². The molecule has 0 aliphatic carbocycles. The van der Waals surface area contributed by atoms with Crippen LogP contribution in [-0.4, -0.2) is 7.05 Å². The van der Waals surface area contributed by atoms with Gasteiger partial charge in [-0.3, -0.25) is 0 Å². The number of benzene rings is 1. The van der Waals surface area contributed by atoms with Crippen molar-refractivity contribution < 1.29 is 4.42 Å². The summed E-state index contributed by atoms with van der Waals surface area (Å²) in [5.74, 6) is 2.03. The van der Waals surface area contributed by atoms with Crippen molar-refractivity contribution in [3.05, 3.63) is 58.5 Å². The van der Waals surface area contributed by atoms with Crippen molar-refractivity contribution in [2.24, 2.45) is 0 Å². The van der Waals surface area contributed by atoms with Gasteiger partial charge in [0.25, 0.3) is 0 Å². The third kappa shape index (κ3) is 2.49. The van der Waals surface area contributed by atoms with Gasteiger partial charge in [0.15, 0.2) is 0 Å². The predicted molar refractivity (Wildman–Crippen MR) is 74.9 cm³/mol. The van der Waals surface area contributed by atoms with Crippen molar-refractivity contribution in [3.8, 4) is 0 Å². The normalized spacial score (nSPS) is 12.7. The van der Waals surface area contributed by atoms with E-state index < -0.39 is 0 Å². The predicted octanol–water partition coefficient (Wildman–Crippen LogP) is 3.77. The Bertz CT molecular complexity index is 528. The number of furan rings is 1. The highest BCUT2D eigenvalue weighted by Gasteiger charge is 2.17. The molecule has 0 aliphatic rings. The Morgan fingerprint density at radius 1 is 1.17 bits per heavy atom. The number of nitrogens with one attached hydrogen (secondary N) is 1. The first-order valence-electron chi connectivity index (χ1n) is 6.48. The van der Waals surface area contributed by atoms with Crippen molar-refractivity contribution in [2.75, 3.05) is 7.05 Å². The van der Waals surface area contributed by atoms with E-state index in [0.717, 1.165) is 17.9 Å². The van der Waals surface area contributed by atoms with Crippen molar-refractivity contribution in [1.82, 2.24) is 5.32 Å². The minimum absolute atomic E-state index is 0.130. The molecule has 0 saturated carbocycles. The average Bonchev–Trinajstić information content (AvgIpc) is 2.83. The van der Waals surface area contributed by atoms with E-state index in [1.54, 1.807) is 0 Å². The minimum atomic E-state index is 0.130.